The summed E-state index contributed by atoms with van der Waals surface area (Å²) in [4.78, 5) is 12.3. The zero-order valence-corrected chi connectivity index (χ0v) is 11.3. The maximum atomic E-state index is 13.2. The first-order valence-electron chi connectivity index (χ1n) is 5.35. The van der Waals surface area contributed by atoms with Gasteiger partial charge in [0.15, 0.2) is 5.78 Å². The van der Waals surface area contributed by atoms with Crippen LogP contribution in [0.1, 0.15) is 21.5 Å². The molecule has 0 heterocycles. The molecule has 0 aromatic heterocycles. The Balaban J connectivity index is 2.48. The van der Waals surface area contributed by atoms with Crippen LogP contribution < -0.4 is 5.73 Å². The number of nitrogens with two attached hydrogens (primary N) is 1. The Morgan fingerprint density at radius 1 is 1.28 bits per heavy atom. The predicted octanol–water partition coefficient (Wildman–Crippen LogP) is 3.71. The highest BCUT2D eigenvalue weighted by Crippen LogP contribution is 2.26. The summed E-state index contributed by atoms with van der Waals surface area (Å²) < 4.78 is 13.7. The van der Waals surface area contributed by atoms with E-state index in [-0.39, 0.29) is 11.6 Å². The lowest BCUT2D eigenvalue weighted by Gasteiger charge is -2.07. The summed E-state index contributed by atoms with van der Waals surface area (Å²) in [7, 11) is 0. The number of ketones is 1. The van der Waals surface area contributed by atoms with Crippen molar-refractivity contribution in [2.45, 2.75) is 6.92 Å². The van der Waals surface area contributed by atoms with Crippen molar-refractivity contribution in [3.8, 4) is 0 Å². The maximum Gasteiger partial charge on any atom is 0.194 e. The number of aryl methyl sites for hydroxylation is 1. The van der Waals surface area contributed by atoms with E-state index in [0.717, 1.165) is 0 Å². The van der Waals surface area contributed by atoms with Gasteiger partial charge in [-0.05, 0) is 58.7 Å². The van der Waals surface area contributed by atoms with Gasteiger partial charge in [0.1, 0.15) is 5.82 Å². The number of rotatable bonds is 2. The Hall–Kier alpha value is -1.68. The Bertz CT molecular complexity index is 625. The normalized spacial score (nSPS) is 10.4. The summed E-state index contributed by atoms with van der Waals surface area (Å²) in [5.74, 6) is -0.504. The monoisotopic (exact) mass is 307 g/mol. The van der Waals surface area contributed by atoms with Crippen molar-refractivity contribution < 1.29 is 9.18 Å². The summed E-state index contributed by atoms with van der Waals surface area (Å²) in [6, 6.07) is 9.40. The van der Waals surface area contributed by atoms with Gasteiger partial charge in [-0.15, -0.1) is 0 Å². The summed E-state index contributed by atoms with van der Waals surface area (Å²) >= 11 is 3.29. The van der Waals surface area contributed by atoms with E-state index in [1.54, 1.807) is 25.1 Å². The highest BCUT2D eigenvalue weighted by molar-refractivity contribution is 9.10. The van der Waals surface area contributed by atoms with Gasteiger partial charge >= 0.3 is 0 Å². The van der Waals surface area contributed by atoms with Crippen LogP contribution in [0.4, 0.5) is 10.1 Å². The minimum atomic E-state index is -0.321. The average Bonchev–Trinajstić information content (AvgIpc) is 2.35. The first-order chi connectivity index (χ1) is 8.50. The zero-order valence-electron chi connectivity index (χ0n) is 9.71. The van der Waals surface area contributed by atoms with Crippen LogP contribution in [0.5, 0.6) is 0 Å². The standard InChI is InChI=1S/C14H11BrFNO/c1-8-7-9(5-6-11(8)16)14(18)10-3-2-4-12(17)13(10)15/h2-7H,17H2,1H3. The van der Waals surface area contributed by atoms with E-state index in [1.807, 2.05) is 0 Å². The second kappa shape index (κ2) is 4.90. The minimum Gasteiger partial charge on any atom is -0.398 e. The molecule has 0 amide bonds. The molecule has 0 aliphatic carbocycles. The fraction of sp³-hybridized carbons (Fsp3) is 0.0714. The van der Waals surface area contributed by atoms with Gasteiger partial charge in [0.25, 0.3) is 0 Å². The molecular weight excluding hydrogens is 297 g/mol. The van der Waals surface area contributed by atoms with Gasteiger partial charge < -0.3 is 5.73 Å². The maximum absolute atomic E-state index is 13.2. The highest BCUT2D eigenvalue weighted by Gasteiger charge is 2.14. The topological polar surface area (TPSA) is 43.1 Å². The first kappa shape index (κ1) is 12.8. The van der Waals surface area contributed by atoms with Crippen molar-refractivity contribution in [2.75, 3.05) is 5.73 Å². The lowest BCUT2D eigenvalue weighted by atomic mass is 10.0. The van der Waals surface area contributed by atoms with E-state index in [9.17, 15) is 9.18 Å². The quantitative estimate of drug-likeness (QED) is 0.679. The number of hydrogen-bond acceptors (Lipinski definition) is 2. The van der Waals surface area contributed by atoms with Crippen molar-refractivity contribution >= 4 is 27.4 Å². The molecule has 0 aliphatic rings. The van der Waals surface area contributed by atoms with Crippen LogP contribution in [0, 0.1) is 12.7 Å². The molecular formula is C14H11BrFNO. The third-order valence-corrected chi connectivity index (χ3v) is 3.58. The van der Waals surface area contributed by atoms with E-state index in [1.165, 1.54) is 18.2 Å². The van der Waals surface area contributed by atoms with E-state index in [0.29, 0.717) is 26.9 Å². The minimum absolute atomic E-state index is 0.183. The van der Waals surface area contributed by atoms with Crippen LogP contribution in [0.2, 0.25) is 0 Å². The van der Waals surface area contributed by atoms with Crippen LogP contribution in [-0.4, -0.2) is 5.78 Å². The van der Waals surface area contributed by atoms with Crippen LogP contribution in [0.15, 0.2) is 40.9 Å². The summed E-state index contributed by atoms with van der Waals surface area (Å²) in [6.07, 6.45) is 0. The Labute approximate surface area is 113 Å². The number of benzene rings is 2. The molecule has 92 valence electrons. The van der Waals surface area contributed by atoms with E-state index >= 15 is 0 Å². The number of nitrogen functional groups attached to an aromatic ring is 1. The van der Waals surface area contributed by atoms with Gasteiger partial charge in [-0.1, -0.05) is 6.07 Å². The molecule has 0 fully saturated rings. The summed E-state index contributed by atoms with van der Waals surface area (Å²) in [5.41, 5.74) is 7.59. The van der Waals surface area contributed by atoms with Gasteiger partial charge in [-0.25, -0.2) is 4.39 Å². The Morgan fingerprint density at radius 2 is 2.00 bits per heavy atom. The van der Waals surface area contributed by atoms with Crippen LogP contribution in [0.25, 0.3) is 0 Å². The molecule has 0 atom stereocenters. The molecule has 2 N–H and O–H groups in total. The molecule has 0 unspecified atom stereocenters. The molecule has 2 aromatic carbocycles. The van der Waals surface area contributed by atoms with E-state index in [4.69, 9.17) is 5.73 Å². The first-order valence-corrected chi connectivity index (χ1v) is 6.15. The van der Waals surface area contributed by atoms with Gasteiger partial charge in [-0.3, -0.25) is 4.79 Å². The number of hydrogen-bond donors (Lipinski definition) is 1. The van der Waals surface area contributed by atoms with Crippen molar-refractivity contribution in [3.63, 3.8) is 0 Å². The Morgan fingerprint density at radius 3 is 2.67 bits per heavy atom. The van der Waals surface area contributed by atoms with Gasteiger partial charge in [0, 0.05) is 16.8 Å². The number of carbonyl (C=O) groups is 1. The third-order valence-electron chi connectivity index (χ3n) is 2.69. The lowest BCUT2D eigenvalue weighted by Crippen LogP contribution is -2.04. The Kier molecular flexibility index (Phi) is 3.48. The van der Waals surface area contributed by atoms with Crippen LogP contribution in [0.3, 0.4) is 0 Å². The SMILES string of the molecule is Cc1cc(C(=O)c2cccc(N)c2Br)ccc1F. The van der Waals surface area contributed by atoms with Crippen molar-refractivity contribution in [2.24, 2.45) is 0 Å². The molecule has 0 aliphatic heterocycles. The number of carbonyl (C=O) groups excluding carboxylic acids is 1. The van der Waals surface area contributed by atoms with Crippen molar-refractivity contribution in [1.82, 2.24) is 0 Å². The zero-order chi connectivity index (χ0) is 13.3. The van der Waals surface area contributed by atoms with Crippen LogP contribution >= 0.6 is 15.9 Å². The van der Waals surface area contributed by atoms with Crippen LogP contribution in [-0.2, 0) is 0 Å². The molecule has 18 heavy (non-hydrogen) atoms. The smallest absolute Gasteiger partial charge is 0.194 e. The van der Waals surface area contributed by atoms with Crippen molar-refractivity contribution in [1.29, 1.82) is 0 Å². The summed E-state index contributed by atoms with van der Waals surface area (Å²) in [6.45, 7) is 1.63. The molecule has 4 heteroatoms. The molecule has 0 radical (unpaired) electrons. The molecule has 2 rings (SSSR count). The summed E-state index contributed by atoms with van der Waals surface area (Å²) in [5, 5.41) is 0. The fourth-order valence-corrected chi connectivity index (χ4v) is 2.11. The van der Waals surface area contributed by atoms with Gasteiger partial charge in [0.05, 0.1) is 4.47 Å². The van der Waals surface area contributed by atoms with Crippen molar-refractivity contribution in [3.05, 3.63) is 63.4 Å². The average molecular weight is 308 g/mol. The molecule has 2 aromatic rings. The molecule has 0 saturated heterocycles. The second-order valence-electron chi connectivity index (χ2n) is 4.00. The second-order valence-corrected chi connectivity index (χ2v) is 4.79. The largest absolute Gasteiger partial charge is 0.398 e. The molecule has 0 saturated carbocycles. The number of anilines is 1. The van der Waals surface area contributed by atoms with Gasteiger partial charge in [0.2, 0.25) is 0 Å². The number of halogens is 2. The van der Waals surface area contributed by atoms with E-state index in [2.05, 4.69) is 15.9 Å². The predicted molar refractivity (Wildman–Crippen MR) is 73.1 cm³/mol. The molecule has 0 spiro atoms. The molecule has 2 nitrogen and oxygen atoms in total. The lowest BCUT2D eigenvalue weighted by molar-refractivity contribution is 0.103. The molecule has 0 bridgehead atoms. The highest BCUT2D eigenvalue weighted by atomic mass is 79.9. The third kappa shape index (κ3) is 2.29. The van der Waals surface area contributed by atoms with Gasteiger partial charge in [-0.2, -0.15) is 0 Å². The fourth-order valence-electron chi connectivity index (χ4n) is 1.67. The van der Waals surface area contributed by atoms with E-state index < -0.39 is 0 Å².